The molecule has 1 aliphatic heterocycles. The third-order valence-corrected chi connectivity index (χ3v) is 3.89. The highest BCUT2D eigenvalue weighted by molar-refractivity contribution is 5.94. The number of aromatic nitrogens is 1. The van der Waals surface area contributed by atoms with E-state index in [1.165, 1.54) is 12.3 Å². The van der Waals surface area contributed by atoms with Crippen LogP contribution in [0.15, 0.2) is 23.1 Å². The average molecular weight is 248 g/mol. The number of aromatic amines is 1. The Labute approximate surface area is 107 Å². The SMILES string of the molecule is CC1CC(C)C(C)N(C(=O)c2ccc(=O)[nH]c2)C1. The number of hydrogen-bond acceptors (Lipinski definition) is 2. The van der Waals surface area contributed by atoms with Gasteiger partial charge in [-0.05, 0) is 31.2 Å². The summed E-state index contributed by atoms with van der Waals surface area (Å²) >= 11 is 0. The molecule has 0 bridgehead atoms. The normalized spacial score (nSPS) is 28.2. The maximum absolute atomic E-state index is 12.4. The molecule has 4 heteroatoms. The van der Waals surface area contributed by atoms with Gasteiger partial charge < -0.3 is 9.88 Å². The number of piperidine rings is 1. The van der Waals surface area contributed by atoms with Crippen molar-refractivity contribution in [2.24, 2.45) is 11.8 Å². The lowest BCUT2D eigenvalue weighted by atomic mass is 9.85. The molecule has 1 amide bonds. The zero-order valence-corrected chi connectivity index (χ0v) is 11.1. The highest BCUT2D eigenvalue weighted by Gasteiger charge is 2.32. The predicted octanol–water partition coefficient (Wildman–Crippen LogP) is 1.88. The lowest BCUT2D eigenvalue weighted by Crippen LogP contribution is -2.48. The molecular weight excluding hydrogens is 228 g/mol. The van der Waals surface area contributed by atoms with Gasteiger partial charge in [0.2, 0.25) is 5.56 Å². The first-order chi connectivity index (χ1) is 8.49. The molecule has 1 fully saturated rings. The van der Waals surface area contributed by atoms with E-state index in [1.54, 1.807) is 6.07 Å². The summed E-state index contributed by atoms with van der Waals surface area (Å²) in [5, 5.41) is 0. The van der Waals surface area contributed by atoms with E-state index in [0.717, 1.165) is 13.0 Å². The van der Waals surface area contributed by atoms with Crippen LogP contribution in [0.3, 0.4) is 0 Å². The molecule has 1 N–H and O–H groups in total. The largest absolute Gasteiger partial charge is 0.335 e. The van der Waals surface area contributed by atoms with Gasteiger partial charge in [-0.3, -0.25) is 9.59 Å². The fraction of sp³-hybridized carbons (Fsp3) is 0.571. The van der Waals surface area contributed by atoms with E-state index in [9.17, 15) is 9.59 Å². The van der Waals surface area contributed by atoms with Gasteiger partial charge in [-0.25, -0.2) is 0 Å². The maximum atomic E-state index is 12.4. The second kappa shape index (κ2) is 4.96. The topological polar surface area (TPSA) is 53.2 Å². The van der Waals surface area contributed by atoms with Crippen LogP contribution in [0.5, 0.6) is 0 Å². The van der Waals surface area contributed by atoms with Crippen molar-refractivity contribution >= 4 is 5.91 Å². The summed E-state index contributed by atoms with van der Waals surface area (Å²) in [5.41, 5.74) is 0.378. The highest BCUT2D eigenvalue weighted by Crippen LogP contribution is 2.27. The van der Waals surface area contributed by atoms with Crippen molar-refractivity contribution in [2.75, 3.05) is 6.54 Å². The van der Waals surface area contributed by atoms with Crippen molar-refractivity contribution < 1.29 is 4.79 Å². The average Bonchev–Trinajstić information content (AvgIpc) is 2.34. The van der Waals surface area contributed by atoms with Crippen molar-refractivity contribution in [1.29, 1.82) is 0 Å². The number of carbonyl (C=O) groups excluding carboxylic acids is 1. The molecule has 0 spiro atoms. The van der Waals surface area contributed by atoms with Gasteiger partial charge in [-0.15, -0.1) is 0 Å². The minimum Gasteiger partial charge on any atom is -0.335 e. The fourth-order valence-electron chi connectivity index (χ4n) is 2.69. The molecule has 0 aliphatic carbocycles. The summed E-state index contributed by atoms with van der Waals surface area (Å²) in [6.45, 7) is 7.26. The van der Waals surface area contributed by atoms with Crippen molar-refractivity contribution in [3.63, 3.8) is 0 Å². The minimum absolute atomic E-state index is 0.0113. The van der Waals surface area contributed by atoms with Crippen molar-refractivity contribution in [2.45, 2.75) is 33.2 Å². The van der Waals surface area contributed by atoms with Crippen LogP contribution in [-0.2, 0) is 0 Å². The molecule has 2 heterocycles. The lowest BCUT2D eigenvalue weighted by Gasteiger charge is -2.41. The molecule has 3 unspecified atom stereocenters. The third-order valence-electron chi connectivity index (χ3n) is 3.89. The number of rotatable bonds is 1. The monoisotopic (exact) mass is 248 g/mol. The number of likely N-dealkylation sites (tertiary alicyclic amines) is 1. The lowest BCUT2D eigenvalue weighted by molar-refractivity contribution is 0.0455. The first-order valence-corrected chi connectivity index (χ1v) is 6.48. The number of H-pyrrole nitrogens is 1. The van der Waals surface area contributed by atoms with Gasteiger partial charge in [0.05, 0.1) is 5.56 Å². The van der Waals surface area contributed by atoms with Crippen LogP contribution in [0.25, 0.3) is 0 Å². The molecule has 3 atom stereocenters. The van der Waals surface area contributed by atoms with Gasteiger partial charge in [0, 0.05) is 24.8 Å². The number of nitrogens with one attached hydrogen (secondary N) is 1. The summed E-state index contributed by atoms with van der Waals surface area (Å²) in [6.07, 6.45) is 2.66. The van der Waals surface area contributed by atoms with E-state index in [-0.39, 0.29) is 17.5 Å². The molecule has 98 valence electrons. The molecule has 1 aliphatic rings. The van der Waals surface area contributed by atoms with Gasteiger partial charge in [0.25, 0.3) is 5.91 Å². The number of hydrogen-bond donors (Lipinski definition) is 1. The van der Waals surface area contributed by atoms with Crippen molar-refractivity contribution in [1.82, 2.24) is 9.88 Å². The smallest absolute Gasteiger partial charge is 0.255 e. The van der Waals surface area contributed by atoms with E-state index in [4.69, 9.17) is 0 Å². The highest BCUT2D eigenvalue weighted by atomic mass is 16.2. The van der Waals surface area contributed by atoms with Crippen LogP contribution in [0, 0.1) is 11.8 Å². The quantitative estimate of drug-likeness (QED) is 0.825. The standard InChI is InChI=1S/C14H20N2O2/c1-9-6-10(2)11(3)16(8-9)14(18)12-4-5-13(17)15-7-12/h4-5,7,9-11H,6,8H2,1-3H3,(H,15,17). The predicted molar refractivity (Wildman–Crippen MR) is 70.5 cm³/mol. The molecular formula is C14H20N2O2. The van der Waals surface area contributed by atoms with E-state index < -0.39 is 0 Å². The Morgan fingerprint density at radius 3 is 2.67 bits per heavy atom. The minimum atomic E-state index is -0.181. The van der Waals surface area contributed by atoms with Crippen LogP contribution in [0.2, 0.25) is 0 Å². The number of carbonyl (C=O) groups is 1. The first-order valence-electron chi connectivity index (χ1n) is 6.48. The summed E-state index contributed by atoms with van der Waals surface area (Å²) in [6, 6.07) is 3.24. The van der Waals surface area contributed by atoms with Crippen LogP contribution in [-0.4, -0.2) is 28.4 Å². The molecule has 0 saturated carbocycles. The molecule has 1 aromatic heterocycles. The zero-order valence-electron chi connectivity index (χ0n) is 11.1. The van der Waals surface area contributed by atoms with Gasteiger partial charge >= 0.3 is 0 Å². The molecule has 1 saturated heterocycles. The molecule has 1 aromatic rings. The van der Waals surface area contributed by atoms with Crippen LogP contribution >= 0.6 is 0 Å². The Hall–Kier alpha value is -1.58. The fourth-order valence-corrected chi connectivity index (χ4v) is 2.69. The molecule has 2 rings (SSSR count). The number of nitrogens with zero attached hydrogens (tertiary/aromatic N) is 1. The Balaban J connectivity index is 2.22. The van der Waals surface area contributed by atoms with Crippen LogP contribution in [0.1, 0.15) is 37.6 Å². The number of amides is 1. The molecule has 4 nitrogen and oxygen atoms in total. The van der Waals surface area contributed by atoms with E-state index in [2.05, 4.69) is 25.8 Å². The summed E-state index contributed by atoms with van der Waals surface area (Å²) in [4.78, 5) is 27.9. The van der Waals surface area contributed by atoms with Crippen LogP contribution in [0.4, 0.5) is 0 Å². The van der Waals surface area contributed by atoms with Gasteiger partial charge in [-0.2, -0.15) is 0 Å². The van der Waals surface area contributed by atoms with Gasteiger partial charge in [0.15, 0.2) is 0 Å². The number of pyridine rings is 1. The molecule has 18 heavy (non-hydrogen) atoms. The summed E-state index contributed by atoms with van der Waals surface area (Å²) < 4.78 is 0. The van der Waals surface area contributed by atoms with Gasteiger partial charge in [0.1, 0.15) is 0 Å². The molecule has 0 radical (unpaired) electrons. The van der Waals surface area contributed by atoms with E-state index >= 15 is 0 Å². The Kier molecular flexibility index (Phi) is 3.55. The van der Waals surface area contributed by atoms with Gasteiger partial charge in [-0.1, -0.05) is 13.8 Å². The second-order valence-corrected chi connectivity index (χ2v) is 5.46. The van der Waals surface area contributed by atoms with E-state index in [0.29, 0.717) is 17.4 Å². The van der Waals surface area contributed by atoms with E-state index in [1.807, 2.05) is 4.90 Å². The van der Waals surface area contributed by atoms with Crippen LogP contribution < -0.4 is 5.56 Å². The second-order valence-electron chi connectivity index (χ2n) is 5.46. The van der Waals surface area contributed by atoms with Crippen molar-refractivity contribution in [3.05, 3.63) is 34.2 Å². The Bertz CT molecular complexity index is 474. The maximum Gasteiger partial charge on any atom is 0.255 e. The molecule has 0 aromatic carbocycles. The Morgan fingerprint density at radius 2 is 2.06 bits per heavy atom. The zero-order chi connectivity index (χ0) is 13.3. The summed E-state index contributed by atoms with van der Waals surface area (Å²) in [7, 11) is 0. The van der Waals surface area contributed by atoms with Crippen molar-refractivity contribution in [3.8, 4) is 0 Å². The summed E-state index contributed by atoms with van der Waals surface area (Å²) in [5.74, 6) is 1.06. The first kappa shape index (κ1) is 12.9. The third kappa shape index (κ3) is 2.47. The Morgan fingerprint density at radius 1 is 1.33 bits per heavy atom.